The average Bonchev–Trinajstić information content (AvgIpc) is 3.39. The summed E-state index contributed by atoms with van der Waals surface area (Å²) >= 11 is 2.92. The van der Waals surface area contributed by atoms with Crippen molar-refractivity contribution in [3.63, 3.8) is 0 Å². The van der Waals surface area contributed by atoms with Gasteiger partial charge in [-0.3, -0.25) is 14.6 Å². The molecule has 28 heavy (non-hydrogen) atoms. The van der Waals surface area contributed by atoms with Crippen molar-refractivity contribution in [2.24, 2.45) is 0 Å². The number of fused-ring (bicyclic) bond motifs is 1. The highest BCUT2D eigenvalue weighted by molar-refractivity contribution is 7.13. The van der Waals surface area contributed by atoms with Crippen molar-refractivity contribution < 1.29 is 19.8 Å². The third-order valence-corrected chi connectivity index (χ3v) is 5.79. The smallest absolute Gasteiger partial charge is 0.322 e. The predicted molar refractivity (Wildman–Crippen MR) is 108 cm³/mol. The van der Waals surface area contributed by atoms with E-state index in [2.05, 4.69) is 15.3 Å². The molecule has 1 amide bonds. The summed E-state index contributed by atoms with van der Waals surface area (Å²) in [6, 6.07) is 9.17. The molecule has 0 aliphatic carbocycles. The molecular formula is C19H13N3O4S2. The Kier molecular flexibility index (Phi) is 4.76. The number of carboxylic acids is 1. The zero-order chi connectivity index (χ0) is 19.7. The molecule has 0 saturated carbocycles. The number of carbonyl (C=O) groups excluding carboxylic acids is 1. The van der Waals surface area contributed by atoms with Crippen molar-refractivity contribution in [2.75, 3.05) is 6.54 Å². The predicted octanol–water partition coefficient (Wildman–Crippen LogP) is 3.61. The Morgan fingerprint density at radius 3 is 2.46 bits per heavy atom. The molecule has 0 aliphatic rings. The van der Waals surface area contributed by atoms with Crippen LogP contribution in [0.5, 0.6) is 5.75 Å². The van der Waals surface area contributed by atoms with Crippen LogP contribution in [-0.4, -0.2) is 38.6 Å². The van der Waals surface area contributed by atoms with Gasteiger partial charge in [-0.15, -0.1) is 22.7 Å². The van der Waals surface area contributed by atoms with Gasteiger partial charge in [0.05, 0.1) is 22.3 Å². The molecule has 4 rings (SSSR count). The number of rotatable bonds is 5. The van der Waals surface area contributed by atoms with Crippen LogP contribution in [0.2, 0.25) is 0 Å². The molecule has 140 valence electrons. The Balaban J connectivity index is 1.93. The Labute approximate surface area is 167 Å². The second kappa shape index (κ2) is 7.37. The number of nitrogens with one attached hydrogen (secondary N) is 1. The van der Waals surface area contributed by atoms with Crippen LogP contribution < -0.4 is 5.32 Å². The molecular weight excluding hydrogens is 398 g/mol. The largest absolute Gasteiger partial charge is 0.506 e. The highest BCUT2D eigenvalue weighted by Crippen LogP contribution is 2.39. The fourth-order valence-corrected chi connectivity index (χ4v) is 4.19. The molecule has 0 atom stereocenters. The van der Waals surface area contributed by atoms with Crippen molar-refractivity contribution in [1.82, 2.24) is 15.3 Å². The number of aliphatic carboxylic acids is 1. The van der Waals surface area contributed by atoms with Crippen LogP contribution >= 0.6 is 22.7 Å². The first-order valence-electron chi connectivity index (χ1n) is 8.15. The van der Waals surface area contributed by atoms with Crippen molar-refractivity contribution >= 4 is 45.6 Å². The molecule has 0 aliphatic heterocycles. The van der Waals surface area contributed by atoms with E-state index in [1.807, 2.05) is 35.0 Å². The van der Waals surface area contributed by atoms with E-state index in [1.165, 1.54) is 28.9 Å². The second-order valence-corrected chi connectivity index (χ2v) is 7.70. The zero-order valence-electron chi connectivity index (χ0n) is 14.2. The maximum Gasteiger partial charge on any atom is 0.322 e. The van der Waals surface area contributed by atoms with E-state index < -0.39 is 18.4 Å². The monoisotopic (exact) mass is 411 g/mol. The first-order valence-corrected chi connectivity index (χ1v) is 9.91. The summed E-state index contributed by atoms with van der Waals surface area (Å²) in [4.78, 5) is 34.1. The molecule has 0 bridgehead atoms. The normalized spacial score (nSPS) is 10.9. The van der Waals surface area contributed by atoms with Gasteiger partial charge in [-0.25, -0.2) is 4.98 Å². The van der Waals surface area contributed by atoms with Gasteiger partial charge in [-0.2, -0.15) is 0 Å². The van der Waals surface area contributed by atoms with Gasteiger partial charge in [0.1, 0.15) is 23.4 Å². The van der Waals surface area contributed by atoms with E-state index in [1.54, 1.807) is 6.07 Å². The van der Waals surface area contributed by atoms with Crippen LogP contribution in [-0.2, 0) is 4.79 Å². The van der Waals surface area contributed by atoms with Crippen LogP contribution in [0.3, 0.4) is 0 Å². The number of nitrogens with zero attached hydrogens (tertiary/aromatic N) is 2. The number of thiophene rings is 2. The van der Waals surface area contributed by atoms with Crippen LogP contribution in [0.15, 0.2) is 47.3 Å². The summed E-state index contributed by atoms with van der Waals surface area (Å²) in [6.07, 6.45) is 1.53. The molecule has 7 nitrogen and oxygen atoms in total. The SMILES string of the molecule is O=C(O)CNC(=O)c1c(O)c(-c2cccs2)cc2nc(-c3cccs3)cnc12. The molecule has 0 spiro atoms. The number of aromatic nitrogens is 2. The lowest BCUT2D eigenvalue weighted by Gasteiger charge is -2.12. The lowest BCUT2D eigenvalue weighted by atomic mass is 10.0. The number of phenols is 1. The number of phenolic OH excluding ortho intramolecular Hbond substituents is 1. The van der Waals surface area contributed by atoms with Crippen molar-refractivity contribution in [1.29, 1.82) is 0 Å². The summed E-state index contributed by atoms with van der Waals surface area (Å²) < 4.78 is 0. The maximum absolute atomic E-state index is 12.6. The number of aromatic hydroxyl groups is 1. The van der Waals surface area contributed by atoms with Crippen molar-refractivity contribution in [3.05, 3.63) is 52.9 Å². The molecule has 3 aromatic heterocycles. The number of hydrogen-bond donors (Lipinski definition) is 3. The van der Waals surface area contributed by atoms with E-state index in [4.69, 9.17) is 5.11 Å². The standard InChI is InChI=1S/C19H13N3O4S2/c23-15(24)9-21-19(26)16-17-11(7-10(18(16)25)13-3-1-5-27-13)22-12(8-20-17)14-4-2-6-28-14/h1-8,25H,9H2,(H,21,26)(H,23,24). The highest BCUT2D eigenvalue weighted by atomic mass is 32.1. The molecule has 0 radical (unpaired) electrons. The lowest BCUT2D eigenvalue weighted by molar-refractivity contribution is -0.135. The fourth-order valence-electron chi connectivity index (χ4n) is 2.77. The van der Waals surface area contributed by atoms with Gasteiger partial charge in [0.25, 0.3) is 5.91 Å². The van der Waals surface area contributed by atoms with Crippen LogP contribution in [0.4, 0.5) is 0 Å². The van der Waals surface area contributed by atoms with Gasteiger partial charge >= 0.3 is 5.97 Å². The first-order chi connectivity index (χ1) is 13.5. The van der Waals surface area contributed by atoms with Gasteiger partial charge < -0.3 is 15.5 Å². The van der Waals surface area contributed by atoms with E-state index in [0.29, 0.717) is 16.8 Å². The fraction of sp³-hybridized carbons (Fsp3) is 0.0526. The van der Waals surface area contributed by atoms with Gasteiger partial charge in [-0.05, 0) is 29.0 Å². The molecule has 3 N–H and O–H groups in total. The third kappa shape index (κ3) is 3.32. The summed E-state index contributed by atoms with van der Waals surface area (Å²) in [6.45, 7) is -0.566. The average molecular weight is 411 g/mol. The number of hydrogen-bond acceptors (Lipinski definition) is 7. The summed E-state index contributed by atoms with van der Waals surface area (Å²) in [5.74, 6) is -2.16. The Bertz CT molecular complexity index is 1170. The lowest BCUT2D eigenvalue weighted by Crippen LogP contribution is -2.29. The van der Waals surface area contributed by atoms with E-state index in [9.17, 15) is 14.7 Å². The molecule has 3 heterocycles. The molecule has 0 unspecified atom stereocenters. The van der Waals surface area contributed by atoms with E-state index >= 15 is 0 Å². The number of benzene rings is 1. The van der Waals surface area contributed by atoms with E-state index in [0.717, 1.165) is 9.75 Å². The molecule has 9 heteroatoms. The first kappa shape index (κ1) is 18.1. The van der Waals surface area contributed by atoms with Crippen LogP contribution in [0, 0.1) is 0 Å². The molecule has 0 saturated heterocycles. The van der Waals surface area contributed by atoms with E-state index in [-0.39, 0.29) is 16.8 Å². The van der Waals surface area contributed by atoms with Crippen LogP contribution in [0.25, 0.3) is 32.0 Å². The topological polar surface area (TPSA) is 112 Å². The third-order valence-electron chi connectivity index (χ3n) is 4.00. The highest BCUT2D eigenvalue weighted by Gasteiger charge is 2.23. The molecule has 0 fully saturated rings. The Morgan fingerprint density at radius 2 is 1.82 bits per heavy atom. The van der Waals surface area contributed by atoms with Gasteiger partial charge in [0, 0.05) is 10.4 Å². The Hall–Kier alpha value is -3.30. The summed E-state index contributed by atoms with van der Waals surface area (Å²) in [7, 11) is 0. The van der Waals surface area contributed by atoms with Gasteiger partial charge in [0.15, 0.2) is 0 Å². The van der Waals surface area contributed by atoms with Crippen molar-refractivity contribution in [3.8, 4) is 26.8 Å². The number of carboxylic acid groups (broad SMARTS) is 1. The second-order valence-electron chi connectivity index (χ2n) is 5.80. The summed E-state index contributed by atoms with van der Waals surface area (Å²) in [5, 5.41) is 25.7. The van der Waals surface area contributed by atoms with Gasteiger partial charge in [-0.1, -0.05) is 12.1 Å². The minimum atomic E-state index is -1.18. The number of carbonyl (C=O) groups is 2. The van der Waals surface area contributed by atoms with Gasteiger partial charge in [0.2, 0.25) is 0 Å². The molecule has 4 aromatic rings. The quantitative estimate of drug-likeness (QED) is 0.462. The van der Waals surface area contributed by atoms with Crippen molar-refractivity contribution in [2.45, 2.75) is 0 Å². The number of amides is 1. The van der Waals surface area contributed by atoms with Crippen LogP contribution in [0.1, 0.15) is 10.4 Å². The minimum absolute atomic E-state index is 0.0904. The molecule has 1 aromatic carbocycles. The minimum Gasteiger partial charge on any atom is -0.506 e. The Morgan fingerprint density at radius 1 is 1.11 bits per heavy atom. The zero-order valence-corrected chi connectivity index (χ0v) is 15.9. The maximum atomic E-state index is 12.6. The summed E-state index contributed by atoms with van der Waals surface area (Å²) in [5.41, 5.74) is 1.66.